The predicted octanol–water partition coefficient (Wildman–Crippen LogP) is -0.990. The van der Waals surface area contributed by atoms with Crippen molar-refractivity contribution < 1.29 is 14.7 Å². The van der Waals surface area contributed by atoms with Crippen molar-refractivity contribution in [3.8, 4) is 0 Å². The molecule has 2 atom stereocenters. The highest BCUT2D eigenvalue weighted by atomic mass is 16.3. The SMILES string of the molecule is CCCNC(=O)C1C(=O)NCCC1O. The van der Waals surface area contributed by atoms with Crippen molar-refractivity contribution in [3.05, 3.63) is 0 Å². The van der Waals surface area contributed by atoms with Gasteiger partial charge in [-0.3, -0.25) is 9.59 Å². The lowest BCUT2D eigenvalue weighted by atomic mass is 9.94. The van der Waals surface area contributed by atoms with Gasteiger partial charge in [0.15, 0.2) is 0 Å². The van der Waals surface area contributed by atoms with Gasteiger partial charge in [0.05, 0.1) is 6.10 Å². The van der Waals surface area contributed by atoms with Crippen LogP contribution >= 0.6 is 0 Å². The molecule has 0 aromatic rings. The van der Waals surface area contributed by atoms with Crippen molar-refractivity contribution in [2.45, 2.75) is 25.9 Å². The number of aliphatic hydroxyl groups is 1. The number of piperidine rings is 1. The molecule has 2 amide bonds. The number of hydrogen-bond donors (Lipinski definition) is 3. The molecule has 0 aliphatic carbocycles. The number of carbonyl (C=O) groups is 2. The smallest absolute Gasteiger partial charge is 0.235 e. The van der Waals surface area contributed by atoms with E-state index in [-0.39, 0.29) is 11.8 Å². The van der Waals surface area contributed by atoms with Crippen LogP contribution < -0.4 is 10.6 Å². The molecule has 0 aromatic carbocycles. The molecule has 1 rings (SSSR count). The first kappa shape index (κ1) is 11.0. The summed E-state index contributed by atoms with van der Waals surface area (Å²) in [7, 11) is 0. The summed E-state index contributed by atoms with van der Waals surface area (Å²) < 4.78 is 0. The fourth-order valence-electron chi connectivity index (χ4n) is 1.45. The molecule has 0 saturated carbocycles. The monoisotopic (exact) mass is 200 g/mol. The first-order chi connectivity index (χ1) is 6.66. The van der Waals surface area contributed by atoms with Gasteiger partial charge in [0.2, 0.25) is 11.8 Å². The summed E-state index contributed by atoms with van der Waals surface area (Å²) in [5, 5.41) is 14.7. The molecule has 1 aliphatic heterocycles. The van der Waals surface area contributed by atoms with Crippen LogP contribution in [0.15, 0.2) is 0 Å². The Morgan fingerprint density at radius 2 is 2.43 bits per heavy atom. The average molecular weight is 200 g/mol. The van der Waals surface area contributed by atoms with Gasteiger partial charge in [-0.15, -0.1) is 0 Å². The van der Waals surface area contributed by atoms with E-state index in [1.165, 1.54) is 0 Å². The molecule has 1 heterocycles. The Labute approximate surface area is 82.9 Å². The minimum absolute atomic E-state index is 0.377. The number of aliphatic hydroxyl groups excluding tert-OH is 1. The van der Waals surface area contributed by atoms with Gasteiger partial charge in [0.25, 0.3) is 0 Å². The zero-order chi connectivity index (χ0) is 10.6. The lowest BCUT2D eigenvalue weighted by molar-refractivity contribution is -0.142. The second-order valence-corrected chi connectivity index (χ2v) is 3.42. The number of hydrogen-bond acceptors (Lipinski definition) is 3. The fraction of sp³-hybridized carbons (Fsp3) is 0.778. The minimum Gasteiger partial charge on any atom is -0.392 e. The zero-order valence-electron chi connectivity index (χ0n) is 8.25. The number of amides is 2. The van der Waals surface area contributed by atoms with Crippen LogP contribution in [-0.2, 0) is 9.59 Å². The van der Waals surface area contributed by atoms with Crippen LogP contribution in [0.25, 0.3) is 0 Å². The van der Waals surface area contributed by atoms with Crippen molar-refractivity contribution in [3.63, 3.8) is 0 Å². The molecule has 0 spiro atoms. The zero-order valence-corrected chi connectivity index (χ0v) is 8.25. The first-order valence-corrected chi connectivity index (χ1v) is 4.90. The summed E-state index contributed by atoms with van der Waals surface area (Å²) in [5.41, 5.74) is 0. The molecule has 5 nitrogen and oxygen atoms in total. The highest BCUT2D eigenvalue weighted by Gasteiger charge is 2.36. The second-order valence-electron chi connectivity index (χ2n) is 3.42. The lowest BCUT2D eigenvalue weighted by Gasteiger charge is -2.26. The van der Waals surface area contributed by atoms with Crippen molar-refractivity contribution in [1.82, 2.24) is 10.6 Å². The third kappa shape index (κ3) is 2.45. The highest BCUT2D eigenvalue weighted by Crippen LogP contribution is 2.12. The fourth-order valence-corrected chi connectivity index (χ4v) is 1.45. The Morgan fingerprint density at radius 1 is 1.71 bits per heavy atom. The first-order valence-electron chi connectivity index (χ1n) is 4.90. The number of rotatable bonds is 3. The van der Waals surface area contributed by atoms with Crippen LogP contribution in [-0.4, -0.2) is 36.1 Å². The quantitative estimate of drug-likeness (QED) is 0.512. The Morgan fingerprint density at radius 3 is 3.00 bits per heavy atom. The summed E-state index contributed by atoms with van der Waals surface area (Å²) in [5.74, 6) is -1.69. The summed E-state index contributed by atoms with van der Waals surface area (Å²) in [6, 6.07) is 0. The molecule has 3 N–H and O–H groups in total. The van der Waals surface area contributed by atoms with E-state index >= 15 is 0 Å². The molecule has 1 saturated heterocycles. The van der Waals surface area contributed by atoms with Gasteiger partial charge in [-0.05, 0) is 12.8 Å². The normalized spacial score (nSPS) is 26.9. The maximum Gasteiger partial charge on any atom is 0.235 e. The molecule has 0 aromatic heterocycles. The number of nitrogens with one attached hydrogen (secondary N) is 2. The van der Waals surface area contributed by atoms with Crippen molar-refractivity contribution >= 4 is 11.8 Å². The maximum absolute atomic E-state index is 11.4. The maximum atomic E-state index is 11.4. The van der Waals surface area contributed by atoms with Gasteiger partial charge in [0, 0.05) is 13.1 Å². The summed E-state index contributed by atoms with van der Waals surface area (Å²) in [6.45, 7) is 2.91. The molecule has 5 heteroatoms. The van der Waals surface area contributed by atoms with Crippen molar-refractivity contribution in [1.29, 1.82) is 0 Å². The van der Waals surface area contributed by atoms with Gasteiger partial charge >= 0.3 is 0 Å². The Hall–Kier alpha value is -1.10. The van der Waals surface area contributed by atoms with E-state index < -0.39 is 12.0 Å². The third-order valence-corrected chi connectivity index (χ3v) is 2.24. The Kier molecular flexibility index (Phi) is 3.88. The summed E-state index contributed by atoms with van der Waals surface area (Å²) >= 11 is 0. The van der Waals surface area contributed by atoms with Crippen molar-refractivity contribution in [2.24, 2.45) is 5.92 Å². The van der Waals surface area contributed by atoms with E-state index in [0.29, 0.717) is 19.5 Å². The van der Waals surface area contributed by atoms with Crippen molar-refractivity contribution in [2.75, 3.05) is 13.1 Å². The molecule has 14 heavy (non-hydrogen) atoms. The predicted molar refractivity (Wildman–Crippen MR) is 50.4 cm³/mol. The molecular formula is C9H16N2O3. The van der Waals surface area contributed by atoms with Crippen LogP contribution in [0.4, 0.5) is 0 Å². The molecular weight excluding hydrogens is 184 g/mol. The van der Waals surface area contributed by atoms with Gasteiger partial charge in [-0.1, -0.05) is 6.92 Å². The van der Waals surface area contributed by atoms with Crippen LogP contribution in [0.5, 0.6) is 0 Å². The van der Waals surface area contributed by atoms with Gasteiger partial charge in [-0.25, -0.2) is 0 Å². The van der Waals surface area contributed by atoms with E-state index in [2.05, 4.69) is 10.6 Å². The molecule has 1 fully saturated rings. The van der Waals surface area contributed by atoms with Crippen LogP contribution in [0.1, 0.15) is 19.8 Å². The van der Waals surface area contributed by atoms with Crippen LogP contribution in [0, 0.1) is 5.92 Å². The molecule has 0 radical (unpaired) electrons. The van der Waals surface area contributed by atoms with Gasteiger partial charge < -0.3 is 15.7 Å². The van der Waals surface area contributed by atoms with E-state index in [1.807, 2.05) is 6.92 Å². The van der Waals surface area contributed by atoms with Crippen LogP contribution in [0.3, 0.4) is 0 Å². The lowest BCUT2D eigenvalue weighted by Crippen LogP contribution is -2.52. The third-order valence-electron chi connectivity index (χ3n) is 2.24. The minimum atomic E-state index is -0.935. The molecule has 0 bridgehead atoms. The van der Waals surface area contributed by atoms with E-state index in [9.17, 15) is 14.7 Å². The summed E-state index contributed by atoms with van der Waals surface area (Å²) in [6.07, 6.45) is 0.409. The highest BCUT2D eigenvalue weighted by molar-refractivity contribution is 6.01. The standard InChI is InChI=1S/C9H16N2O3/c1-2-4-10-8(13)7-6(12)3-5-11-9(7)14/h6-7,12H,2-5H2,1H3,(H,10,13)(H,11,14). The van der Waals surface area contributed by atoms with E-state index in [4.69, 9.17) is 0 Å². The largest absolute Gasteiger partial charge is 0.392 e. The number of carbonyl (C=O) groups excluding carboxylic acids is 2. The average Bonchev–Trinajstić information content (AvgIpc) is 2.14. The van der Waals surface area contributed by atoms with Crippen LogP contribution in [0.2, 0.25) is 0 Å². The second kappa shape index (κ2) is 4.95. The Balaban J connectivity index is 2.54. The molecule has 2 unspecified atom stereocenters. The van der Waals surface area contributed by atoms with E-state index in [1.54, 1.807) is 0 Å². The van der Waals surface area contributed by atoms with E-state index in [0.717, 1.165) is 6.42 Å². The van der Waals surface area contributed by atoms with Gasteiger partial charge in [0.1, 0.15) is 5.92 Å². The summed E-state index contributed by atoms with van der Waals surface area (Å²) in [4.78, 5) is 22.7. The molecule has 1 aliphatic rings. The molecule has 80 valence electrons. The topological polar surface area (TPSA) is 78.4 Å². The Bertz CT molecular complexity index is 230. The van der Waals surface area contributed by atoms with Gasteiger partial charge in [-0.2, -0.15) is 0 Å².